The van der Waals surface area contributed by atoms with Crippen LogP contribution in [-0.4, -0.2) is 15.0 Å². The number of pyridine rings is 1. The number of aromatic amines is 1. The highest BCUT2D eigenvalue weighted by Crippen LogP contribution is 2.10. The maximum Gasteiger partial charge on any atom is 0.146 e. The topological polar surface area (TPSA) is 50.8 Å². The molecule has 0 amide bonds. The van der Waals surface area contributed by atoms with Gasteiger partial charge in [0.25, 0.3) is 0 Å². The number of halogens is 1. The predicted molar refractivity (Wildman–Crippen MR) is 54.9 cm³/mol. The number of nitrogens with zero attached hydrogens (tertiary/aromatic N) is 2. The van der Waals surface area contributed by atoms with Crippen molar-refractivity contribution in [1.29, 1.82) is 0 Å². The van der Waals surface area contributed by atoms with Crippen molar-refractivity contribution in [2.75, 3.05) is 0 Å². The third-order valence-corrected chi connectivity index (χ3v) is 2.01. The molecule has 0 atom stereocenters. The average Bonchev–Trinajstić information content (AvgIpc) is 2.63. The van der Waals surface area contributed by atoms with Crippen LogP contribution in [0.15, 0.2) is 35.3 Å². The van der Waals surface area contributed by atoms with Crippen molar-refractivity contribution in [2.24, 2.45) is 0 Å². The fourth-order valence-electron chi connectivity index (χ4n) is 0.994. The lowest BCUT2D eigenvalue weighted by Gasteiger charge is -2.01. The molecule has 0 aliphatic carbocycles. The van der Waals surface area contributed by atoms with Crippen molar-refractivity contribution >= 4 is 15.9 Å². The second-order valence-corrected chi connectivity index (χ2v) is 3.51. The highest BCUT2D eigenvalue weighted by Gasteiger charge is 1.98. The maximum absolute atomic E-state index is 5.43. The van der Waals surface area contributed by atoms with Gasteiger partial charge < -0.3 is 9.72 Å². The Morgan fingerprint density at radius 1 is 1.43 bits per heavy atom. The average molecular weight is 254 g/mol. The van der Waals surface area contributed by atoms with E-state index in [1.807, 2.05) is 12.1 Å². The van der Waals surface area contributed by atoms with Crippen molar-refractivity contribution in [1.82, 2.24) is 15.0 Å². The summed E-state index contributed by atoms with van der Waals surface area (Å²) in [5.41, 5.74) is 0. The van der Waals surface area contributed by atoms with E-state index in [4.69, 9.17) is 4.74 Å². The fraction of sp³-hybridized carbons (Fsp3) is 0.111. The maximum atomic E-state index is 5.43. The Hall–Kier alpha value is -1.36. The third-order valence-electron chi connectivity index (χ3n) is 1.61. The summed E-state index contributed by atoms with van der Waals surface area (Å²) in [6, 6.07) is 3.68. The van der Waals surface area contributed by atoms with Crippen molar-refractivity contribution in [3.05, 3.63) is 41.2 Å². The molecular weight excluding hydrogens is 246 g/mol. The molecular formula is C9H8BrN3O. The Kier molecular flexibility index (Phi) is 2.78. The Bertz CT molecular complexity index is 401. The molecule has 0 fully saturated rings. The van der Waals surface area contributed by atoms with Crippen LogP contribution in [0.25, 0.3) is 0 Å². The molecule has 0 radical (unpaired) electrons. The number of nitrogens with one attached hydrogen (secondary N) is 1. The van der Waals surface area contributed by atoms with E-state index >= 15 is 0 Å². The summed E-state index contributed by atoms with van der Waals surface area (Å²) in [6.07, 6.45) is 5.07. The smallest absolute Gasteiger partial charge is 0.146 e. The lowest BCUT2D eigenvalue weighted by atomic mass is 10.5. The number of imidazole rings is 1. The fourth-order valence-corrected chi connectivity index (χ4v) is 1.33. The number of rotatable bonds is 3. The van der Waals surface area contributed by atoms with Gasteiger partial charge in [0.15, 0.2) is 0 Å². The molecule has 2 rings (SSSR count). The van der Waals surface area contributed by atoms with E-state index in [2.05, 4.69) is 30.9 Å². The van der Waals surface area contributed by atoms with Gasteiger partial charge in [-0.1, -0.05) is 0 Å². The van der Waals surface area contributed by atoms with E-state index in [1.165, 1.54) is 0 Å². The molecule has 5 heteroatoms. The summed E-state index contributed by atoms with van der Waals surface area (Å²) in [7, 11) is 0. The molecule has 1 N–H and O–H groups in total. The second-order valence-electron chi connectivity index (χ2n) is 2.66. The Balaban J connectivity index is 1.95. The Morgan fingerprint density at radius 2 is 2.36 bits per heavy atom. The van der Waals surface area contributed by atoms with Crippen LogP contribution in [0, 0.1) is 0 Å². The molecule has 14 heavy (non-hydrogen) atoms. The van der Waals surface area contributed by atoms with Crippen LogP contribution < -0.4 is 4.74 Å². The first-order valence-corrected chi connectivity index (χ1v) is 4.86. The van der Waals surface area contributed by atoms with Gasteiger partial charge >= 0.3 is 0 Å². The summed E-state index contributed by atoms with van der Waals surface area (Å²) in [6.45, 7) is 0.414. The molecule has 0 aliphatic rings. The number of aromatic nitrogens is 3. The number of H-pyrrole nitrogens is 1. The van der Waals surface area contributed by atoms with Crippen LogP contribution in [0.5, 0.6) is 5.75 Å². The van der Waals surface area contributed by atoms with Gasteiger partial charge in [-0.25, -0.2) is 4.98 Å². The van der Waals surface area contributed by atoms with Crippen LogP contribution in [0.1, 0.15) is 5.82 Å². The molecule has 0 unspecified atom stereocenters. The van der Waals surface area contributed by atoms with E-state index in [9.17, 15) is 0 Å². The first kappa shape index (κ1) is 9.21. The molecule has 0 bridgehead atoms. The van der Waals surface area contributed by atoms with Crippen molar-refractivity contribution < 1.29 is 4.74 Å². The predicted octanol–water partition coefficient (Wildman–Crippen LogP) is 2.15. The van der Waals surface area contributed by atoms with Gasteiger partial charge in [-0.2, -0.15) is 0 Å². The van der Waals surface area contributed by atoms with Crippen LogP contribution in [0.3, 0.4) is 0 Å². The minimum absolute atomic E-state index is 0.414. The summed E-state index contributed by atoms with van der Waals surface area (Å²) >= 11 is 3.27. The van der Waals surface area contributed by atoms with Crippen molar-refractivity contribution in [3.8, 4) is 5.75 Å². The van der Waals surface area contributed by atoms with Gasteiger partial charge in [0, 0.05) is 6.20 Å². The molecule has 2 heterocycles. The molecule has 0 aromatic carbocycles. The second kappa shape index (κ2) is 4.23. The first-order valence-electron chi connectivity index (χ1n) is 4.07. The molecule has 0 aliphatic heterocycles. The van der Waals surface area contributed by atoms with Gasteiger partial charge in [-0.15, -0.1) is 0 Å². The molecule has 2 aromatic heterocycles. The zero-order valence-corrected chi connectivity index (χ0v) is 8.86. The van der Waals surface area contributed by atoms with Gasteiger partial charge in [-0.05, 0) is 28.1 Å². The molecule has 0 spiro atoms. The Labute approximate surface area is 89.5 Å². The lowest BCUT2D eigenvalue weighted by Crippen LogP contribution is -1.97. The van der Waals surface area contributed by atoms with Crippen LogP contribution in [-0.2, 0) is 6.61 Å². The van der Waals surface area contributed by atoms with Crippen molar-refractivity contribution in [3.63, 3.8) is 0 Å². The SMILES string of the molecule is Brc1cnc(COc2cccnc2)[nH]1. The number of ether oxygens (including phenoxy) is 1. The molecule has 2 aromatic rings. The molecule has 4 nitrogen and oxygen atoms in total. The Morgan fingerprint density at radius 3 is 3.00 bits per heavy atom. The standard InChI is InChI=1S/C9H8BrN3O/c10-8-5-12-9(13-8)6-14-7-2-1-3-11-4-7/h1-5H,6H2,(H,12,13). The summed E-state index contributed by atoms with van der Waals surface area (Å²) in [4.78, 5) is 11.0. The van der Waals surface area contributed by atoms with Gasteiger partial charge in [-0.3, -0.25) is 4.98 Å². The van der Waals surface area contributed by atoms with E-state index in [0.717, 1.165) is 16.2 Å². The lowest BCUT2D eigenvalue weighted by molar-refractivity contribution is 0.296. The summed E-state index contributed by atoms with van der Waals surface area (Å²) in [5.74, 6) is 1.51. The minimum Gasteiger partial charge on any atom is -0.484 e. The minimum atomic E-state index is 0.414. The van der Waals surface area contributed by atoms with E-state index in [-0.39, 0.29) is 0 Å². The van der Waals surface area contributed by atoms with Crippen LogP contribution >= 0.6 is 15.9 Å². The normalized spacial score (nSPS) is 10.1. The largest absolute Gasteiger partial charge is 0.484 e. The number of hydrogen-bond donors (Lipinski definition) is 1. The van der Waals surface area contributed by atoms with Gasteiger partial charge in [0.2, 0.25) is 0 Å². The molecule has 72 valence electrons. The quantitative estimate of drug-likeness (QED) is 0.912. The molecule has 0 saturated heterocycles. The highest BCUT2D eigenvalue weighted by molar-refractivity contribution is 9.10. The van der Waals surface area contributed by atoms with Crippen LogP contribution in [0.2, 0.25) is 0 Å². The van der Waals surface area contributed by atoms with Gasteiger partial charge in [0.1, 0.15) is 22.8 Å². The van der Waals surface area contributed by atoms with Gasteiger partial charge in [0.05, 0.1) is 12.4 Å². The zero-order chi connectivity index (χ0) is 9.80. The van der Waals surface area contributed by atoms with Crippen molar-refractivity contribution in [2.45, 2.75) is 6.61 Å². The zero-order valence-electron chi connectivity index (χ0n) is 7.27. The van der Waals surface area contributed by atoms with E-state index < -0.39 is 0 Å². The monoisotopic (exact) mass is 253 g/mol. The number of hydrogen-bond acceptors (Lipinski definition) is 3. The summed E-state index contributed by atoms with van der Waals surface area (Å²) < 4.78 is 6.28. The third kappa shape index (κ3) is 2.32. The van der Waals surface area contributed by atoms with Crippen LogP contribution in [0.4, 0.5) is 0 Å². The van der Waals surface area contributed by atoms with E-state index in [0.29, 0.717) is 6.61 Å². The molecule has 0 saturated carbocycles. The summed E-state index contributed by atoms with van der Waals surface area (Å²) in [5, 5.41) is 0. The first-order chi connectivity index (χ1) is 6.84. The van der Waals surface area contributed by atoms with E-state index in [1.54, 1.807) is 18.6 Å². The highest BCUT2D eigenvalue weighted by atomic mass is 79.9.